The molecule has 0 radical (unpaired) electrons. The van der Waals surface area contributed by atoms with Gasteiger partial charge in [0.2, 0.25) is 0 Å². The van der Waals surface area contributed by atoms with Gasteiger partial charge in [0.25, 0.3) is 5.91 Å². The summed E-state index contributed by atoms with van der Waals surface area (Å²) in [7, 11) is 1.66. The molecule has 1 spiro atoms. The largest absolute Gasteiger partial charge is 0.497 e. The quantitative estimate of drug-likeness (QED) is 0.566. The number of ether oxygens (including phenoxy) is 1. The van der Waals surface area contributed by atoms with E-state index >= 15 is 0 Å². The second-order valence-corrected chi connectivity index (χ2v) is 8.61. The first-order valence-corrected chi connectivity index (χ1v) is 10.7. The molecular weight excluding hydrogens is 430 g/mol. The van der Waals surface area contributed by atoms with Crippen LogP contribution in [0.5, 0.6) is 5.75 Å². The number of carbonyl (C=O) groups is 1. The maximum Gasteiger partial charge on any atom is 0.273 e. The van der Waals surface area contributed by atoms with E-state index in [2.05, 4.69) is 25.9 Å². The van der Waals surface area contributed by atoms with Gasteiger partial charge >= 0.3 is 0 Å². The van der Waals surface area contributed by atoms with Crippen molar-refractivity contribution in [1.82, 2.24) is 14.7 Å². The Hall–Kier alpha value is -2.60. The van der Waals surface area contributed by atoms with Gasteiger partial charge in [0, 0.05) is 12.1 Å². The van der Waals surface area contributed by atoms with E-state index in [1.165, 1.54) is 0 Å². The van der Waals surface area contributed by atoms with Crippen molar-refractivity contribution in [1.29, 1.82) is 0 Å². The van der Waals surface area contributed by atoms with Crippen LogP contribution in [0.15, 0.2) is 59.2 Å². The van der Waals surface area contributed by atoms with E-state index in [0.29, 0.717) is 12.2 Å². The predicted octanol–water partition coefficient (Wildman–Crippen LogP) is 4.90. The molecule has 1 saturated carbocycles. The van der Waals surface area contributed by atoms with Crippen molar-refractivity contribution in [2.45, 2.75) is 37.9 Å². The lowest BCUT2D eigenvalue weighted by Gasteiger charge is -2.52. The molecule has 5 nitrogen and oxygen atoms in total. The number of fused-ring (bicyclic) bond motifs is 1. The van der Waals surface area contributed by atoms with Crippen LogP contribution in [0.2, 0.25) is 0 Å². The molecule has 2 aromatic carbocycles. The standard InChI is InChI=1S/C23H22BrN3O2/c1-29-18-10-8-16(9-11-18)14-26-22(28)20-19(17-6-3-2-4-7-17)21(24)25-27(20)15-23(26)12-5-13-23/h2-4,6-11H,5,12-15H2,1H3. The van der Waals surface area contributed by atoms with Gasteiger partial charge < -0.3 is 9.64 Å². The summed E-state index contributed by atoms with van der Waals surface area (Å²) in [5, 5.41) is 4.69. The van der Waals surface area contributed by atoms with E-state index in [9.17, 15) is 4.79 Å². The Bertz CT molecular complexity index is 1060. The van der Waals surface area contributed by atoms with Gasteiger partial charge in [-0.2, -0.15) is 5.10 Å². The summed E-state index contributed by atoms with van der Waals surface area (Å²) in [5.41, 5.74) is 3.53. The Morgan fingerprint density at radius 1 is 1.10 bits per heavy atom. The van der Waals surface area contributed by atoms with Crippen molar-refractivity contribution >= 4 is 21.8 Å². The summed E-state index contributed by atoms with van der Waals surface area (Å²) in [4.78, 5) is 15.9. The number of rotatable bonds is 4. The number of halogens is 1. The first kappa shape index (κ1) is 18.4. The van der Waals surface area contributed by atoms with Crippen LogP contribution in [0.25, 0.3) is 11.1 Å². The summed E-state index contributed by atoms with van der Waals surface area (Å²) < 4.78 is 7.91. The van der Waals surface area contributed by atoms with Crippen LogP contribution >= 0.6 is 15.9 Å². The van der Waals surface area contributed by atoms with Crippen LogP contribution < -0.4 is 4.74 Å². The van der Waals surface area contributed by atoms with Crippen LogP contribution in [0, 0.1) is 0 Å². The lowest BCUT2D eigenvalue weighted by Crippen LogP contribution is -2.61. The number of benzene rings is 2. The second kappa shape index (κ2) is 7.02. The molecule has 6 heteroatoms. The van der Waals surface area contributed by atoms with Crippen molar-refractivity contribution in [2.75, 3.05) is 7.11 Å². The maximum absolute atomic E-state index is 13.8. The molecular formula is C23H22BrN3O2. The second-order valence-electron chi connectivity index (χ2n) is 7.86. The number of hydrogen-bond donors (Lipinski definition) is 0. The first-order valence-electron chi connectivity index (χ1n) is 9.88. The Morgan fingerprint density at radius 2 is 1.83 bits per heavy atom. The van der Waals surface area contributed by atoms with E-state index in [-0.39, 0.29) is 11.4 Å². The van der Waals surface area contributed by atoms with Crippen LogP contribution in [0.1, 0.15) is 35.3 Å². The molecule has 29 heavy (non-hydrogen) atoms. The summed E-state index contributed by atoms with van der Waals surface area (Å²) in [6, 6.07) is 18.0. The molecule has 1 aromatic heterocycles. The molecule has 0 atom stereocenters. The average molecular weight is 452 g/mol. The number of aromatic nitrogens is 2. The van der Waals surface area contributed by atoms with Gasteiger partial charge in [-0.05, 0) is 58.5 Å². The predicted molar refractivity (Wildman–Crippen MR) is 115 cm³/mol. The minimum atomic E-state index is -0.135. The molecule has 2 aliphatic rings. The van der Waals surface area contributed by atoms with Gasteiger partial charge in [-0.15, -0.1) is 0 Å². The zero-order chi connectivity index (χ0) is 20.0. The number of amides is 1. The summed E-state index contributed by atoms with van der Waals surface area (Å²) in [6.45, 7) is 1.34. The van der Waals surface area contributed by atoms with Gasteiger partial charge in [-0.3, -0.25) is 9.48 Å². The molecule has 0 bridgehead atoms. The number of hydrogen-bond acceptors (Lipinski definition) is 3. The third-order valence-electron chi connectivity index (χ3n) is 6.22. The first-order chi connectivity index (χ1) is 14.1. The molecule has 1 aliphatic carbocycles. The molecule has 2 heterocycles. The molecule has 0 N–H and O–H groups in total. The fourth-order valence-electron chi connectivity index (χ4n) is 4.50. The van der Waals surface area contributed by atoms with Crippen molar-refractivity contribution in [3.05, 3.63) is 70.5 Å². The zero-order valence-corrected chi connectivity index (χ0v) is 17.9. The lowest BCUT2D eigenvalue weighted by molar-refractivity contribution is -0.0122. The lowest BCUT2D eigenvalue weighted by atomic mass is 9.73. The maximum atomic E-state index is 13.8. The average Bonchev–Trinajstić information content (AvgIpc) is 3.05. The summed E-state index contributed by atoms with van der Waals surface area (Å²) in [5.74, 6) is 0.884. The highest BCUT2D eigenvalue weighted by Crippen LogP contribution is 2.46. The fraction of sp³-hybridized carbons (Fsp3) is 0.304. The highest BCUT2D eigenvalue weighted by molar-refractivity contribution is 9.10. The van der Waals surface area contributed by atoms with E-state index in [4.69, 9.17) is 4.74 Å². The Labute approximate surface area is 178 Å². The van der Waals surface area contributed by atoms with E-state index < -0.39 is 0 Å². The van der Waals surface area contributed by atoms with Gasteiger partial charge in [-0.1, -0.05) is 42.5 Å². The summed E-state index contributed by atoms with van der Waals surface area (Å²) in [6.07, 6.45) is 3.19. The number of methoxy groups -OCH3 is 1. The van der Waals surface area contributed by atoms with Gasteiger partial charge in [0.1, 0.15) is 16.0 Å². The van der Waals surface area contributed by atoms with E-state index in [1.807, 2.05) is 59.3 Å². The molecule has 0 saturated heterocycles. The smallest absolute Gasteiger partial charge is 0.273 e. The number of nitrogens with zero attached hydrogens (tertiary/aromatic N) is 3. The van der Waals surface area contributed by atoms with E-state index in [0.717, 1.165) is 52.9 Å². The van der Waals surface area contributed by atoms with Crippen molar-refractivity contribution < 1.29 is 9.53 Å². The minimum Gasteiger partial charge on any atom is -0.497 e. The molecule has 5 rings (SSSR count). The van der Waals surface area contributed by atoms with Crippen molar-refractivity contribution in [2.24, 2.45) is 0 Å². The molecule has 0 unspecified atom stereocenters. The SMILES string of the molecule is COc1ccc(CN2C(=O)c3c(-c4ccccc4)c(Br)nn3CC23CCC3)cc1. The normalized spacial score (nSPS) is 17.2. The molecule has 148 valence electrons. The van der Waals surface area contributed by atoms with Crippen molar-refractivity contribution in [3.63, 3.8) is 0 Å². The zero-order valence-electron chi connectivity index (χ0n) is 16.3. The Balaban J connectivity index is 1.56. The number of carbonyl (C=O) groups excluding carboxylic acids is 1. The summed E-state index contributed by atoms with van der Waals surface area (Å²) >= 11 is 3.61. The third kappa shape index (κ3) is 2.97. The molecule has 1 aliphatic heterocycles. The Kier molecular flexibility index (Phi) is 4.46. The van der Waals surface area contributed by atoms with Crippen LogP contribution in [-0.4, -0.2) is 33.2 Å². The van der Waals surface area contributed by atoms with Gasteiger partial charge in [0.05, 0.1) is 19.2 Å². The topological polar surface area (TPSA) is 47.4 Å². The van der Waals surface area contributed by atoms with Crippen molar-refractivity contribution in [3.8, 4) is 16.9 Å². The fourth-order valence-corrected chi connectivity index (χ4v) is 5.11. The molecule has 1 fully saturated rings. The van der Waals surface area contributed by atoms with Gasteiger partial charge in [0.15, 0.2) is 0 Å². The minimum absolute atomic E-state index is 0.0591. The monoisotopic (exact) mass is 451 g/mol. The molecule has 3 aromatic rings. The molecule has 1 amide bonds. The Morgan fingerprint density at radius 3 is 2.45 bits per heavy atom. The highest BCUT2D eigenvalue weighted by atomic mass is 79.9. The third-order valence-corrected chi connectivity index (χ3v) is 6.78. The van der Waals surface area contributed by atoms with Gasteiger partial charge in [-0.25, -0.2) is 0 Å². The van der Waals surface area contributed by atoms with Crippen LogP contribution in [0.4, 0.5) is 0 Å². The van der Waals surface area contributed by atoms with Crippen LogP contribution in [-0.2, 0) is 13.1 Å². The highest BCUT2D eigenvalue weighted by Gasteiger charge is 2.50. The van der Waals surface area contributed by atoms with E-state index in [1.54, 1.807) is 7.11 Å². The van der Waals surface area contributed by atoms with Crippen LogP contribution in [0.3, 0.4) is 0 Å².